The number of hydrogen-bond acceptors (Lipinski definition) is 2. The number of carbonyl (C=O) groups excluding carboxylic acids is 1. The fourth-order valence-electron chi connectivity index (χ4n) is 2.68. The Hall–Kier alpha value is -2.42. The standard InChI is InChI=1S/C22H28N2O/c1-16(18-12-8-6-9-13-18)23-20(22(3,4)5)21(25)24-17(2)19-14-10-7-11-15-19/h6-17H,1-5H3,(H,24,25)/t16-,17-/m0/s1. The Morgan fingerprint density at radius 1 is 0.880 bits per heavy atom. The van der Waals surface area contributed by atoms with Crippen molar-refractivity contribution in [1.82, 2.24) is 5.32 Å². The molecule has 1 N–H and O–H groups in total. The first-order valence-corrected chi connectivity index (χ1v) is 8.78. The van der Waals surface area contributed by atoms with Gasteiger partial charge < -0.3 is 5.32 Å². The molecule has 3 heteroatoms. The predicted molar refractivity (Wildman–Crippen MR) is 105 cm³/mol. The molecule has 0 aliphatic heterocycles. The normalized spacial score (nSPS) is 14.7. The zero-order valence-corrected chi connectivity index (χ0v) is 15.8. The molecule has 0 heterocycles. The van der Waals surface area contributed by atoms with Crippen molar-refractivity contribution in [1.29, 1.82) is 0 Å². The van der Waals surface area contributed by atoms with Crippen LogP contribution in [0.4, 0.5) is 0 Å². The van der Waals surface area contributed by atoms with Crippen LogP contribution < -0.4 is 5.32 Å². The Morgan fingerprint density at radius 2 is 1.36 bits per heavy atom. The van der Waals surface area contributed by atoms with Crippen molar-refractivity contribution in [3.63, 3.8) is 0 Å². The van der Waals surface area contributed by atoms with Crippen molar-refractivity contribution in [2.24, 2.45) is 10.4 Å². The van der Waals surface area contributed by atoms with Gasteiger partial charge in [-0.05, 0) is 25.0 Å². The summed E-state index contributed by atoms with van der Waals surface area (Å²) in [6, 6.07) is 19.9. The van der Waals surface area contributed by atoms with Gasteiger partial charge in [-0.3, -0.25) is 9.79 Å². The molecule has 3 nitrogen and oxygen atoms in total. The van der Waals surface area contributed by atoms with Gasteiger partial charge in [0.25, 0.3) is 5.91 Å². The van der Waals surface area contributed by atoms with E-state index in [4.69, 9.17) is 4.99 Å². The number of hydrogen-bond donors (Lipinski definition) is 1. The quantitative estimate of drug-likeness (QED) is 0.757. The molecule has 0 aromatic heterocycles. The van der Waals surface area contributed by atoms with Crippen molar-refractivity contribution in [2.75, 3.05) is 0 Å². The summed E-state index contributed by atoms with van der Waals surface area (Å²) in [5, 5.41) is 3.09. The molecule has 2 aromatic carbocycles. The summed E-state index contributed by atoms with van der Waals surface area (Å²) in [5.41, 5.74) is 2.43. The number of amides is 1. The van der Waals surface area contributed by atoms with Crippen LogP contribution in [0.25, 0.3) is 0 Å². The first-order chi connectivity index (χ1) is 11.8. The summed E-state index contributed by atoms with van der Waals surface area (Å²) < 4.78 is 0. The predicted octanol–water partition coefficient (Wildman–Crippen LogP) is 5.11. The van der Waals surface area contributed by atoms with Gasteiger partial charge in [0.05, 0.1) is 12.1 Å². The van der Waals surface area contributed by atoms with E-state index in [1.807, 2.05) is 95.3 Å². The highest BCUT2D eigenvalue weighted by molar-refractivity contribution is 6.40. The van der Waals surface area contributed by atoms with E-state index in [2.05, 4.69) is 5.32 Å². The summed E-state index contributed by atoms with van der Waals surface area (Å²) >= 11 is 0. The minimum absolute atomic E-state index is 0.0618. The van der Waals surface area contributed by atoms with Crippen LogP contribution in [0.3, 0.4) is 0 Å². The molecule has 0 spiro atoms. The Bertz CT molecular complexity index is 715. The number of aliphatic imine (C=N–C) groups is 1. The summed E-state index contributed by atoms with van der Waals surface area (Å²) in [6.07, 6.45) is 0. The first-order valence-electron chi connectivity index (χ1n) is 8.78. The monoisotopic (exact) mass is 336 g/mol. The van der Waals surface area contributed by atoms with Gasteiger partial charge in [-0.25, -0.2) is 0 Å². The molecular formula is C22H28N2O. The zero-order valence-electron chi connectivity index (χ0n) is 15.8. The third-order valence-electron chi connectivity index (χ3n) is 4.18. The number of nitrogens with zero attached hydrogens (tertiary/aromatic N) is 1. The molecule has 132 valence electrons. The molecule has 2 rings (SSSR count). The fraction of sp³-hybridized carbons (Fsp3) is 0.364. The Balaban J connectivity index is 2.22. The van der Waals surface area contributed by atoms with Crippen LogP contribution in [-0.2, 0) is 4.79 Å². The summed E-state index contributed by atoms with van der Waals surface area (Å²) in [6.45, 7) is 10.1. The third kappa shape index (κ3) is 5.28. The molecule has 0 bridgehead atoms. The van der Waals surface area contributed by atoms with Crippen molar-refractivity contribution >= 4 is 11.6 Å². The van der Waals surface area contributed by atoms with E-state index in [-0.39, 0.29) is 23.4 Å². The van der Waals surface area contributed by atoms with Gasteiger partial charge in [0.15, 0.2) is 0 Å². The van der Waals surface area contributed by atoms with Crippen LogP contribution in [0.1, 0.15) is 57.8 Å². The Morgan fingerprint density at radius 3 is 1.84 bits per heavy atom. The minimum Gasteiger partial charge on any atom is -0.344 e. The SMILES string of the molecule is C[C@H](N=C(C(=O)N[C@@H](C)c1ccccc1)C(C)(C)C)c1ccccc1. The highest BCUT2D eigenvalue weighted by Crippen LogP contribution is 2.23. The molecule has 25 heavy (non-hydrogen) atoms. The van der Waals surface area contributed by atoms with Gasteiger partial charge >= 0.3 is 0 Å². The van der Waals surface area contributed by atoms with E-state index in [0.29, 0.717) is 5.71 Å². The van der Waals surface area contributed by atoms with Gasteiger partial charge in [0, 0.05) is 5.41 Å². The molecular weight excluding hydrogens is 308 g/mol. The maximum absolute atomic E-state index is 12.9. The van der Waals surface area contributed by atoms with Crippen molar-refractivity contribution in [2.45, 2.75) is 46.7 Å². The van der Waals surface area contributed by atoms with Crippen LogP contribution >= 0.6 is 0 Å². The van der Waals surface area contributed by atoms with Gasteiger partial charge in [0.2, 0.25) is 0 Å². The Kier molecular flexibility index (Phi) is 6.13. The smallest absolute Gasteiger partial charge is 0.266 e. The second-order valence-electron chi connectivity index (χ2n) is 7.42. The van der Waals surface area contributed by atoms with E-state index < -0.39 is 0 Å². The molecule has 2 aromatic rings. The second-order valence-corrected chi connectivity index (χ2v) is 7.42. The van der Waals surface area contributed by atoms with Gasteiger partial charge in [0.1, 0.15) is 5.71 Å². The maximum Gasteiger partial charge on any atom is 0.266 e. The molecule has 0 radical (unpaired) electrons. The van der Waals surface area contributed by atoms with E-state index in [9.17, 15) is 4.79 Å². The van der Waals surface area contributed by atoms with E-state index >= 15 is 0 Å². The lowest BCUT2D eigenvalue weighted by Gasteiger charge is -2.24. The molecule has 1 amide bonds. The van der Waals surface area contributed by atoms with Crippen molar-refractivity contribution in [3.05, 3.63) is 71.8 Å². The topological polar surface area (TPSA) is 41.5 Å². The number of rotatable bonds is 5. The highest BCUT2D eigenvalue weighted by atomic mass is 16.2. The van der Waals surface area contributed by atoms with E-state index in [1.54, 1.807) is 0 Å². The van der Waals surface area contributed by atoms with Crippen molar-refractivity contribution < 1.29 is 4.79 Å². The maximum atomic E-state index is 12.9. The second kappa shape index (κ2) is 8.11. The van der Waals surface area contributed by atoms with Crippen LogP contribution in [0.2, 0.25) is 0 Å². The lowest BCUT2D eigenvalue weighted by molar-refractivity contribution is -0.115. The molecule has 0 saturated carbocycles. The number of nitrogens with one attached hydrogen (secondary N) is 1. The molecule has 0 saturated heterocycles. The zero-order chi connectivity index (χ0) is 18.4. The van der Waals surface area contributed by atoms with Crippen LogP contribution in [0.15, 0.2) is 65.7 Å². The van der Waals surface area contributed by atoms with Crippen molar-refractivity contribution in [3.8, 4) is 0 Å². The van der Waals surface area contributed by atoms with Crippen LogP contribution in [0, 0.1) is 5.41 Å². The van der Waals surface area contributed by atoms with Gasteiger partial charge in [-0.1, -0.05) is 81.4 Å². The average Bonchev–Trinajstić information content (AvgIpc) is 2.59. The van der Waals surface area contributed by atoms with Crippen LogP contribution in [-0.4, -0.2) is 11.6 Å². The number of benzene rings is 2. The summed E-state index contributed by atoms with van der Waals surface area (Å²) in [5.74, 6) is -0.105. The molecule has 2 atom stereocenters. The third-order valence-corrected chi connectivity index (χ3v) is 4.18. The fourth-order valence-corrected chi connectivity index (χ4v) is 2.68. The summed E-state index contributed by atoms with van der Waals surface area (Å²) in [7, 11) is 0. The lowest BCUT2D eigenvalue weighted by atomic mass is 9.88. The van der Waals surface area contributed by atoms with Gasteiger partial charge in [-0.2, -0.15) is 0 Å². The first kappa shape index (κ1) is 18.9. The largest absolute Gasteiger partial charge is 0.344 e. The average molecular weight is 336 g/mol. The lowest BCUT2D eigenvalue weighted by Crippen LogP contribution is -2.40. The van der Waals surface area contributed by atoms with E-state index in [0.717, 1.165) is 11.1 Å². The molecule has 0 aliphatic carbocycles. The minimum atomic E-state index is -0.330. The molecule has 0 fully saturated rings. The number of carbonyl (C=O) groups is 1. The molecule has 0 aliphatic rings. The van der Waals surface area contributed by atoms with Gasteiger partial charge in [-0.15, -0.1) is 0 Å². The highest BCUT2D eigenvalue weighted by Gasteiger charge is 2.27. The van der Waals surface area contributed by atoms with Crippen LogP contribution in [0.5, 0.6) is 0 Å². The summed E-state index contributed by atoms with van der Waals surface area (Å²) in [4.78, 5) is 17.7. The van der Waals surface area contributed by atoms with E-state index in [1.165, 1.54) is 0 Å². The molecule has 0 unspecified atom stereocenters. The Labute approximate surface area is 151 Å².